The van der Waals surface area contributed by atoms with E-state index in [1.807, 2.05) is 0 Å². The minimum atomic E-state index is 0.432. The van der Waals surface area contributed by atoms with Gasteiger partial charge in [-0.3, -0.25) is 0 Å². The fraction of sp³-hybridized carbons (Fsp3) is 1.00. The van der Waals surface area contributed by atoms with Gasteiger partial charge in [0.15, 0.2) is 0 Å². The molecule has 6 rings (SSSR count). The Hall–Kier alpha value is 0. The molecular formula is C41H72. The number of hydrogen-bond acceptors (Lipinski definition) is 0. The van der Waals surface area contributed by atoms with Gasteiger partial charge in [-0.25, -0.2) is 0 Å². The molecule has 0 nitrogen and oxygen atoms in total. The molecule has 0 bridgehead atoms. The molecule has 17 unspecified atom stereocenters. The molecule has 0 radical (unpaired) electrons. The Kier molecular flexibility index (Phi) is 8.18. The van der Waals surface area contributed by atoms with Crippen molar-refractivity contribution in [2.45, 2.75) is 153 Å². The van der Waals surface area contributed by atoms with E-state index in [1.54, 1.807) is 44.9 Å². The summed E-state index contributed by atoms with van der Waals surface area (Å²) in [5, 5.41) is 0. The van der Waals surface area contributed by atoms with E-state index in [0.29, 0.717) is 16.2 Å². The Balaban J connectivity index is 1.42. The second kappa shape index (κ2) is 10.8. The highest BCUT2D eigenvalue weighted by molar-refractivity contribution is 5.20. The quantitative estimate of drug-likeness (QED) is 0.320. The first-order valence-corrected chi connectivity index (χ1v) is 19.3. The highest BCUT2D eigenvalue weighted by Crippen LogP contribution is 2.78. The minimum Gasteiger partial charge on any atom is -0.0625 e. The van der Waals surface area contributed by atoms with Crippen molar-refractivity contribution in [1.29, 1.82) is 0 Å². The maximum Gasteiger partial charge on any atom is -0.0212 e. The lowest BCUT2D eigenvalue weighted by Gasteiger charge is -2.77. The minimum absolute atomic E-state index is 0.432. The van der Waals surface area contributed by atoms with E-state index in [9.17, 15) is 0 Å². The molecule has 0 spiro atoms. The van der Waals surface area contributed by atoms with E-state index in [2.05, 4.69) is 76.2 Å². The van der Waals surface area contributed by atoms with Crippen LogP contribution in [0.5, 0.6) is 0 Å². The Morgan fingerprint density at radius 2 is 1.39 bits per heavy atom. The highest BCUT2D eigenvalue weighted by Gasteiger charge is 2.73. The smallest absolute Gasteiger partial charge is 0.0212 e. The van der Waals surface area contributed by atoms with Crippen LogP contribution < -0.4 is 0 Å². The van der Waals surface area contributed by atoms with Gasteiger partial charge in [-0.15, -0.1) is 0 Å². The monoisotopic (exact) mass is 565 g/mol. The summed E-state index contributed by atoms with van der Waals surface area (Å²) >= 11 is 0. The summed E-state index contributed by atoms with van der Waals surface area (Å²) in [6.07, 6.45) is 18.5. The molecule has 0 aromatic heterocycles. The largest absolute Gasteiger partial charge is 0.0625 e. The second-order valence-corrected chi connectivity index (χ2v) is 19.2. The van der Waals surface area contributed by atoms with Crippen LogP contribution in [0.25, 0.3) is 0 Å². The van der Waals surface area contributed by atoms with Gasteiger partial charge in [0.05, 0.1) is 0 Å². The van der Waals surface area contributed by atoms with Crippen LogP contribution in [-0.4, -0.2) is 0 Å². The summed E-state index contributed by atoms with van der Waals surface area (Å²) < 4.78 is 0. The van der Waals surface area contributed by atoms with Gasteiger partial charge in [-0.05, 0) is 137 Å². The van der Waals surface area contributed by atoms with Crippen molar-refractivity contribution in [2.75, 3.05) is 0 Å². The molecule has 0 saturated heterocycles. The van der Waals surface area contributed by atoms with Crippen LogP contribution in [0.2, 0.25) is 0 Å². The summed E-state index contributed by atoms with van der Waals surface area (Å²) in [6, 6.07) is 0. The SMILES string of the molecule is CC(C)C1C(C)CC2(C)C(C)C3(C)C(CC4CCC5CCCCC5C4)C4CCCC(C)C4C(C)C3C(C)C2(C)C1C. The lowest BCUT2D eigenvalue weighted by molar-refractivity contribution is -0.294. The van der Waals surface area contributed by atoms with E-state index < -0.39 is 0 Å². The Bertz CT molecular complexity index is 932. The lowest BCUT2D eigenvalue weighted by Crippen LogP contribution is -2.72. The van der Waals surface area contributed by atoms with Crippen LogP contribution in [-0.2, 0) is 0 Å². The standard InChI is InChI=1S/C41H72/c1-24(2)36-26(4)23-39(9)30(8)40(10)35(22-31-19-20-32-16-12-13-17-33(32)21-31)34-18-14-15-25(3)37(34)27(5)38(40)29(7)41(39,11)28(36)6/h24-38H,12-23H2,1-11H3. The summed E-state index contributed by atoms with van der Waals surface area (Å²) in [6.45, 7) is 30.2. The average molecular weight is 565 g/mol. The summed E-state index contributed by atoms with van der Waals surface area (Å²) in [7, 11) is 0. The van der Waals surface area contributed by atoms with Crippen molar-refractivity contribution in [1.82, 2.24) is 0 Å². The zero-order valence-corrected chi connectivity index (χ0v) is 29.6. The van der Waals surface area contributed by atoms with Gasteiger partial charge in [-0.2, -0.15) is 0 Å². The third-order valence-corrected chi connectivity index (χ3v) is 18.1. The van der Waals surface area contributed by atoms with Gasteiger partial charge >= 0.3 is 0 Å². The van der Waals surface area contributed by atoms with Gasteiger partial charge in [0.2, 0.25) is 0 Å². The van der Waals surface area contributed by atoms with Crippen molar-refractivity contribution in [3.05, 3.63) is 0 Å². The number of hydrogen-bond donors (Lipinski definition) is 0. The molecule has 0 aliphatic heterocycles. The molecular weight excluding hydrogens is 492 g/mol. The maximum absolute atomic E-state index is 2.93. The molecule has 0 aromatic carbocycles. The topological polar surface area (TPSA) is 0 Å². The summed E-state index contributed by atoms with van der Waals surface area (Å²) in [5.74, 6) is 13.8. The molecule has 0 N–H and O–H groups in total. The first kappa shape index (κ1) is 31.0. The predicted octanol–water partition coefficient (Wildman–Crippen LogP) is 12.2. The molecule has 0 amide bonds. The van der Waals surface area contributed by atoms with E-state index in [4.69, 9.17) is 0 Å². The average Bonchev–Trinajstić information content (AvgIpc) is 2.92. The second-order valence-electron chi connectivity index (χ2n) is 19.2. The third kappa shape index (κ3) is 4.29. The van der Waals surface area contributed by atoms with E-state index in [-0.39, 0.29) is 0 Å². The zero-order chi connectivity index (χ0) is 29.6. The first-order valence-electron chi connectivity index (χ1n) is 19.3. The summed E-state index contributed by atoms with van der Waals surface area (Å²) in [4.78, 5) is 0. The fourth-order valence-corrected chi connectivity index (χ4v) is 16.3. The van der Waals surface area contributed by atoms with Gasteiger partial charge in [-0.1, -0.05) is 121 Å². The number of rotatable bonds is 3. The van der Waals surface area contributed by atoms with Crippen molar-refractivity contribution < 1.29 is 0 Å². The van der Waals surface area contributed by atoms with Crippen LogP contribution in [0.4, 0.5) is 0 Å². The Morgan fingerprint density at radius 3 is 2.07 bits per heavy atom. The molecule has 41 heavy (non-hydrogen) atoms. The summed E-state index contributed by atoms with van der Waals surface area (Å²) in [5.41, 5.74) is 1.36. The van der Waals surface area contributed by atoms with Crippen LogP contribution in [0.3, 0.4) is 0 Å². The van der Waals surface area contributed by atoms with Crippen molar-refractivity contribution in [3.8, 4) is 0 Å². The van der Waals surface area contributed by atoms with Gasteiger partial charge < -0.3 is 0 Å². The van der Waals surface area contributed by atoms with Gasteiger partial charge in [0.25, 0.3) is 0 Å². The van der Waals surface area contributed by atoms with Crippen molar-refractivity contribution in [2.24, 2.45) is 105 Å². The molecule has 0 aromatic rings. The van der Waals surface area contributed by atoms with Crippen LogP contribution in [0.1, 0.15) is 153 Å². The molecule has 0 heteroatoms. The number of fused-ring (bicyclic) bond motifs is 4. The third-order valence-electron chi connectivity index (χ3n) is 18.1. The van der Waals surface area contributed by atoms with E-state index in [1.165, 1.54) is 32.1 Å². The van der Waals surface area contributed by atoms with Crippen molar-refractivity contribution in [3.63, 3.8) is 0 Å². The van der Waals surface area contributed by atoms with E-state index in [0.717, 1.165) is 88.8 Å². The molecule has 0 heterocycles. The van der Waals surface area contributed by atoms with E-state index >= 15 is 0 Å². The Labute approximate surface area is 257 Å². The highest BCUT2D eigenvalue weighted by atomic mass is 14.8. The van der Waals surface area contributed by atoms with Crippen LogP contribution >= 0.6 is 0 Å². The maximum atomic E-state index is 2.93. The molecule has 17 atom stereocenters. The predicted molar refractivity (Wildman–Crippen MR) is 177 cm³/mol. The zero-order valence-electron chi connectivity index (χ0n) is 29.6. The lowest BCUT2D eigenvalue weighted by atomic mass is 9.27. The molecule has 6 fully saturated rings. The van der Waals surface area contributed by atoms with Crippen LogP contribution in [0, 0.1) is 105 Å². The molecule has 6 aliphatic carbocycles. The van der Waals surface area contributed by atoms with Crippen molar-refractivity contribution >= 4 is 0 Å². The normalized spacial score (nSPS) is 59.1. The molecule has 6 aliphatic rings. The fourth-order valence-electron chi connectivity index (χ4n) is 16.3. The van der Waals surface area contributed by atoms with Gasteiger partial charge in [0, 0.05) is 0 Å². The molecule has 6 saturated carbocycles. The van der Waals surface area contributed by atoms with Gasteiger partial charge in [0.1, 0.15) is 0 Å². The first-order chi connectivity index (χ1) is 19.3. The van der Waals surface area contributed by atoms with Crippen LogP contribution in [0.15, 0.2) is 0 Å². The molecule has 236 valence electrons. The Morgan fingerprint density at radius 1 is 0.707 bits per heavy atom.